The van der Waals surface area contributed by atoms with Crippen molar-refractivity contribution in [3.63, 3.8) is 0 Å². The fourth-order valence-electron chi connectivity index (χ4n) is 5.51. The minimum Gasteiger partial charge on any atom is -0.395 e. The fraction of sp³-hybridized carbons (Fsp3) is 0.448. The number of carbonyl (C=O) groups is 2. The van der Waals surface area contributed by atoms with Crippen molar-refractivity contribution < 1.29 is 19.4 Å². The molecule has 4 rings (SSSR count). The maximum absolute atomic E-state index is 13.8. The van der Waals surface area contributed by atoms with Crippen LogP contribution < -0.4 is 5.32 Å². The number of rotatable bonds is 7. The Balaban J connectivity index is 0.000000436. The molecular weight excluding hydrogens is 584 g/mol. The second kappa shape index (κ2) is 12.5. The third-order valence-electron chi connectivity index (χ3n) is 7.16. The van der Waals surface area contributed by atoms with Gasteiger partial charge >= 0.3 is 0 Å². The number of β-amino-alcohol motifs (C(OH)–C–C–N with tert-alkyl or cyclic N) is 1. The van der Waals surface area contributed by atoms with Crippen molar-refractivity contribution in [3.8, 4) is 0 Å². The van der Waals surface area contributed by atoms with E-state index in [1.165, 1.54) is 6.04 Å². The number of methoxy groups -OCH3 is 1. The number of ether oxygens (including phenoxy) is 1. The number of benzene rings is 2. The molecule has 0 radical (unpaired) electrons. The summed E-state index contributed by atoms with van der Waals surface area (Å²) in [5, 5.41) is 13.2. The van der Waals surface area contributed by atoms with Crippen LogP contribution in [-0.4, -0.2) is 62.8 Å². The van der Waals surface area contributed by atoms with Gasteiger partial charge in [-0.05, 0) is 48.4 Å². The minimum absolute atomic E-state index is 0.119. The first-order chi connectivity index (χ1) is 17.9. The lowest BCUT2D eigenvalue weighted by Crippen LogP contribution is -2.64. The summed E-state index contributed by atoms with van der Waals surface area (Å²) in [6.07, 6.45) is 0.132. The molecule has 3 atom stereocenters. The number of amides is 2. The molecule has 2 aliphatic heterocycles. The third kappa shape index (κ3) is 6.26. The highest BCUT2D eigenvalue weighted by atomic mass is 79.9. The first-order valence-electron chi connectivity index (χ1n) is 12.8. The standard InChI is InChI=1S/C23H22BrClN2O3.C6H16OSi/c1-13(2)21-23(17-7-6-15(24)11-19(17)26-22(23)30)18(12-20(29)27(21)8-9-28)14-4-3-5-16(25)10-14;1-7-5-6-8(2,3)4/h3-7,10-11,18,21,28H,1,8-9,12H2,2H3,(H,26,30);5-6H2,1-4H3/t18-,21+,23-;/m1./s1. The van der Waals surface area contributed by atoms with Crippen molar-refractivity contribution >= 4 is 53.1 Å². The number of carbonyl (C=O) groups excluding carboxylic acids is 2. The lowest BCUT2D eigenvalue weighted by molar-refractivity contribution is -0.144. The summed E-state index contributed by atoms with van der Waals surface area (Å²) >= 11 is 9.75. The number of piperidine rings is 1. The van der Waals surface area contributed by atoms with Gasteiger partial charge in [-0.1, -0.05) is 77.5 Å². The summed E-state index contributed by atoms with van der Waals surface area (Å²) in [6.45, 7) is 13.9. The van der Waals surface area contributed by atoms with Crippen LogP contribution in [0.3, 0.4) is 0 Å². The van der Waals surface area contributed by atoms with Gasteiger partial charge in [0.25, 0.3) is 0 Å². The first-order valence-corrected chi connectivity index (χ1v) is 17.7. The summed E-state index contributed by atoms with van der Waals surface area (Å²) in [5.41, 5.74) is 1.98. The van der Waals surface area contributed by atoms with Crippen molar-refractivity contribution in [2.45, 2.75) is 56.4 Å². The zero-order valence-electron chi connectivity index (χ0n) is 22.8. The molecule has 0 aromatic heterocycles. The number of likely N-dealkylation sites (tertiary alicyclic amines) is 1. The Kier molecular flexibility index (Phi) is 10.0. The van der Waals surface area contributed by atoms with Gasteiger partial charge in [-0.3, -0.25) is 9.59 Å². The normalized spacial score (nSPS) is 22.6. The van der Waals surface area contributed by atoms with Crippen molar-refractivity contribution in [2.75, 3.05) is 32.2 Å². The molecule has 0 bridgehead atoms. The van der Waals surface area contributed by atoms with Crippen molar-refractivity contribution in [1.82, 2.24) is 4.90 Å². The quantitative estimate of drug-likeness (QED) is 0.284. The molecule has 0 aliphatic carbocycles. The van der Waals surface area contributed by atoms with Crippen LogP contribution in [0.2, 0.25) is 30.7 Å². The SMILES string of the molecule is C=C(C)[C@@H]1N(CCO)C(=O)C[C@H](c2cccc(Cl)c2)[C@@]12C(=O)Nc1cc(Br)ccc12.COCC[Si](C)(C)C. The van der Waals surface area contributed by atoms with Crippen LogP contribution in [0.25, 0.3) is 0 Å². The number of anilines is 1. The second-order valence-electron chi connectivity index (χ2n) is 11.2. The number of halogens is 2. The smallest absolute Gasteiger partial charge is 0.238 e. The molecule has 9 heteroatoms. The Morgan fingerprint density at radius 2 is 1.97 bits per heavy atom. The van der Waals surface area contributed by atoms with Gasteiger partial charge in [0.15, 0.2) is 0 Å². The molecule has 2 aromatic rings. The van der Waals surface area contributed by atoms with Crippen LogP contribution in [0.5, 0.6) is 0 Å². The highest BCUT2D eigenvalue weighted by Crippen LogP contribution is 2.56. The van der Waals surface area contributed by atoms with E-state index in [1.807, 2.05) is 43.3 Å². The lowest BCUT2D eigenvalue weighted by atomic mass is 9.58. The van der Waals surface area contributed by atoms with Crippen LogP contribution in [0.15, 0.2) is 59.1 Å². The molecule has 1 fully saturated rings. The Morgan fingerprint density at radius 1 is 1.26 bits per heavy atom. The molecule has 2 N–H and O–H groups in total. The average Bonchev–Trinajstić information content (AvgIpc) is 3.10. The zero-order valence-corrected chi connectivity index (χ0v) is 26.2. The number of nitrogens with zero attached hydrogens (tertiary/aromatic N) is 1. The maximum atomic E-state index is 13.8. The number of aliphatic hydroxyl groups excluding tert-OH is 1. The highest BCUT2D eigenvalue weighted by molar-refractivity contribution is 9.10. The van der Waals surface area contributed by atoms with Crippen molar-refractivity contribution in [1.29, 1.82) is 0 Å². The first kappa shape index (κ1) is 30.6. The summed E-state index contributed by atoms with van der Waals surface area (Å²) in [6, 6.07) is 13.7. The Labute approximate surface area is 240 Å². The molecule has 0 saturated carbocycles. The molecule has 206 valence electrons. The number of hydrogen-bond acceptors (Lipinski definition) is 4. The lowest BCUT2D eigenvalue weighted by Gasteiger charge is -2.51. The molecule has 1 spiro atoms. The van der Waals surface area contributed by atoms with Crippen LogP contribution in [0.4, 0.5) is 5.69 Å². The topological polar surface area (TPSA) is 78.9 Å². The van der Waals surface area contributed by atoms with Gasteiger partial charge in [0, 0.05) is 55.9 Å². The molecule has 2 heterocycles. The van der Waals surface area contributed by atoms with Gasteiger partial charge in [0.2, 0.25) is 11.8 Å². The maximum Gasteiger partial charge on any atom is 0.238 e. The van der Waals surface area contributed by atoms with Gasteiger partial charge in [-0.25, -0.2) is 0 Å². The van der Waals surface area contributed by atoms with Gasteiger partial charge < -0.3 is 20.1 Å². The number of nitrogens with one attached hydrogen (secondary N) is 1. The predicted molar refractivity (Wildman–Crippen MR) is 161 cm³/mol. The van der Waals surface area contributed by atoms with Gasteiger partial charge in [-0.2, -0.15) is 0 Å². The minimum atomic E-state index is -1.07. The number of aliphatic hydroxyl groups is 1. The van der Waals surface area contributed by atoms with E-state index in [2.05, 4.69) is 47.5 Å². The largest absolute Gasteiger partial charge is 0.395 e. The third-order valence-corrected chi connectivity index (χ3v) is 9.59. The molecular formula is C29H38BrClN2O4Si. The van der Waals surface area contributed by atoms with E-state index in [4.69, 9.17) is 16.3 Å². The van der Waals surface area contributed by atoms with Gasteiger partial charge in [-0.15, -0.1) is 0 Å². The Hall–Kier alpha value is -1.97. The Morgan fingerprint density at radius 3 is 2.53 bits per heavy atom. The van der Waals surface area contributed by atoms with Gasteiger partial charge in [0.05, 0.1) is 12.6 Å². The zero-order chi connectivity index (χ0) is 28.3. The van der Waals surface area contributed by atoms with E-state index in [-0.39, 0.29) is 31.4 Å². The van der Waals surface area contributed by atoms with E-state index in [9.17, 15) is 14.7 Å². The molecule has 2 aliphatic rings. The van der Waals surface area contributed by atoms with E-state index in [0.29, 0.717) is 16.3 Å². The second-order valence-corrected chi connectivity index (χ2v) is 18.2. The van der Waals surface area contributed by atoms with E-state index >= 15 is 0 Å². The number of fused-ring (bicyclic) bond motifs is 2. The van der Waals surface area contributed by atoms with Gasteiger partial charge in [0.1, 0.15) is 5.41 Å². The highest BCUT2D eigenvalue weighted by Gasteiger charge is 2.63. The van der Waals surface area contributed by atoms with Crippen molar-refractivity contribution in [3.05, 3.63) is 75.2 Å². The summed E-state index contributed by atoms with van der Waals surface area (Å²) in [7, 11) is 0.961. The average molecular weight is 622 g/mol. The van der Waals surface area contributed by atoms with E-state index in [1.54, 1.807) is 18.1 Å². The summed E-state index contributed by atoms with van der Waals surface area (Å²) in [5.74, 6) is -0.724. The summed E-state index contributed by atoms with van der Waals surface area (Å²) in [4.78, 5) is 28.5. The molecule has 38 heavy (non-hydrogen) atoms. The van der Waals surface area contributed by atoms with Crippen LogP contribution >= 0.6 is 27.5 Å². The molecule has 6 nitrogen and oxygen atoms in total. The van der Waals surface area contributed by atoms with Crippen LogP contribution in [0, 0.1) is 0 Å². The summed E-state index contributed by atoms with van der Waals surface area (Å²) < 4.78 is 5.80. The van der Waals surface area contributed by atoms with Crippen LogP contribution in [-0.2, 0) is 19.7 Å². The molecule has 0 unspecified atom stereocenters. The molecule has 2 amide bonds. The van der Waals surface area contributed by atoms with E-state index < -0.39 is 25.4 Å². The van der Waals surface area contributed by atoms with Crippen LogP contribution in [0.1, 0.15) is 30.4 Å². The fourth-order valence-corrected chi connectivity index (χ4v) is 6.88. The van der Waals surface area contributed by atoms with Crippen molar-refractivity contribution in [2.24, 2.45) is 0 Å². The molecule has 2 aromatic carbocycles. The Bertz CT molecular complexity index is 1200. The number of hydrogen-bond donors (Lipinski definition) is 2. The predicted octanol–water partition coefficient (Wildman–Crippen LogP) is 6.22. The monoisotopic (exact) mass is 620 g/mol. The van der Waals surface area contributed by atoms with E-state index in [0.717, 1.165) is 22.2 Å². The molecule has 1 saturated heterocycles.